The molecule has 0 radical (unpaired) electrons. The van der Waals surface area contributed by atoms with Gasteiger partial charge in [0.25, 0.3) is 0 Å². The Hall–Kier alpha value is -0.610. The van der Waals surface area contributed by atoms with Gasteiger partial charge in [0, 0.05) is 18.1 Å². The van der Waals surface area contributed by atoms with E-state index >= 15 is 0 Å². The fourth-order valence-electron chi connectivity index (χ4n) is 2.29. The molecule has 0 bridgehead atoms. The maximum absolute atomic E-state index is 12.2. The molecule has 1 saturated heterocycles. The lowest BCUT2D eigenvalue weighted by Crippen LogP contribution is -2.51. The van der Waals surface area contributed by atoms with Crippen molar-refractivity contribution in [3.8, 4) is 0 Å². The van der Waals surface area contributed by atoms with Gasteiger partial charge in [-0.3, -0.25) is 9.69 Å². The van der Waals surface area contributed by atoms with Crippen molar-refractivity contribution in [1.82, 2.24) is 10.2 Å². The summed E-state index contributed by atoms with van der Waals surface area (Å²) in [5.41, 5.74) is 5.81. The van der Waals surface area contributed by atoms with Crippen molar-refractivity contribution in [3.63, 3.8) is 0 Å². The van der Waals surface area contributed by atoms with Crippen molar-refractivity contribution in [2.45, 2.75) is 65.1 Å². The lowest BCUT2D eigenvalue weighted by Gasteiger charge is -2.30. The Bertz CT molecular complexity index is 289. The topological polar surface area (TPSA) is 58.4 Å². The van der Waals surface area contributed by atoms with E-state index < -0.39 is 0 Å². The third-order valence-corrected chi connectivity index (χ3v) is 4.27. The molecule has 0 aromatic carbocycles. The summed E-state index contributed by atoms with van der Waals surface area (Å²) in [6.07, 6.45) is 2.04. The average Bonchev–Trinajstić information content (AvgIpc) is 2.76. The van der Waals surface area contributed by atoms with E-state index in [4.69, 9.17) is 5.73 Å². The summed E-state index contributed by atoms with van der Waals surface area (Å²) in [6.45, 7) is 12.2. The van der Waals surface area contributed by atoms with E-state index in [9.17, 15) is 4.79 Å². The monoisotopic (exact) mass is 255 g/mol. The zero-order chi connectivity index (χ0) is 13.9. The number of rotatable bonds is 5. The van der Waals surface area contributed by atoms with Crippen molar-refractivity contribution in [3.05, 3.63) is 0 Å². The molecular weight excluding hydrogens is 226 g/mol. The van der Waals surface area contributed by atoms with Crippen LogP contribution in [0.2, 0.25) is 0 Å². The van der Waals surface area contributed by atoms with Crippen LogP contribution >= 0.6 is 0 Å². The Balaban J connectivity index is 2.50. The SMILES string of the molecule is CCC(C)(C)NC(=O)C(C)N1CCC(C(C)N)C1. The van der Waals surface area contributed by atoms with Gasteiger partial charge in [-0.15, -0.1) is 0 Å². The minimum Gasteiger partial charge on any atom is -0.350 e. The molecule has 1 aliphatic rings. The first kappa shape index (κ1) is 15.4. The fraction of sp³-hybridized carbons (Fsp3) is 0.929. The first-order chi connectivity index (χ1) is 8.26. The maximum atomic E-state index is 12.2. The van der Waals surface area contributed by atoms with Crippen LogP contribution in [0, 0.1) is 5.92 Å². The highest BCUT2D eigenvalue weighted by Crippen LogP contribution is 2.21. The molecule has 1 amide bonds. The molecule has 1 aliphatic heterocycles. The quantitative estimate of drug-likeness (QED) is 0.779. The van der Waals surface area contributed by atoms with Gasteiger partial charge in [0.1, 0.15) is 0 Å². The van der Waals surface area contributed by atoms with Gasteiger partial charge in [-0.25, -0.2) is 0 Å². The van der Waals surface area contributed by atoms with Gasteiger partial charge in [-0.2, -0.15) is 0 Å². The minimum atomic E-state index is -0.119. The normalized spacial score (nSPS) is 24.9. The highest BCUT2D eigenvalue weighted by molar-refractivity contribution is 5.82. The van der Waals surface area contributed by atoms with Crippen LogP contribution in [0.5, 0.6) is 0 Å². The van der Waals surface area contributed by atoms with Crippen molar-refractivity contribution in [1.29, 1.82) is 0 Å². The molecule has 0 saturated carbocycles. The largest absolute Gasteiger partial charge is 0.350 e. The third kappa shape index (κ3) is 3.95. The number of likely N-dealkylation sites (tertiary alicyclic amines) is 1. The average molecular weight is 255 g/mol. The molecule has 106 valence electrons. The van der Waals surface area contributed by atoms with Gasteiger partial charge in [-0.1, -0.05) is 6.92 Å². The lowest BCUT2D eigenvalue weighted by molar-refractivity contribution is -0.127. The number of nitrogens with one attached hydrogen (secondary N) is 1. The van der Waals surface area contributed by atoms with Crippen LogP contribution in [0.1, 0.15) is 47.5 Å². The molecule has 0 spiro atoms. The van der Waals surface area contributed by atoms with Crippen molar-refractivity contribution in [2.75, 3.05) is 13.1 Å². The highest BCUT2D eigenvalue weighted by Gasteiger charge is 2.32. The van der Waals surface area contributed by atoms with Crippen LogP contribution in [-0.2, 0) is 4.79 Å². The second-order valence-electron chi connectivity index (χ2n) is 6.31. The van der Waals surface area contributed by atoms with Crippen molar-refractivity contribution < 1.29 is 4.79 Å². The van der Waals surface area contributed by atoms with E-state index in [1.54, 1.807) is 0 Å². The molecule has 0 aliphatic carbocycles. The molecule has 1 fully saturated rings. The number of carbonyl (C=O) groups excluding carboxylic acids is 1. The summed E-state index contributed by atoms with van der Waals surface area (Å²) in [5, 5.41) is 3.11. The number of amides is 1. The van der Waals surface area contributed by atoms with Crippen LogP contribution in [-0.4, -0.2) is 41.5 Å². The number of nitrogens with two attached hydrogens (primary N) is 1. The molecule has 3 N–H and O–H groups in total. The molecule has 3 atom stereocenters. The fourth-order valence-corrected chi connectivity index (χ4v) is 2.29. The molecule has 18 heavy (non-hydrogen) atoms. The Morgan fingerprint density at radius 3 is 2.56 bits per heavy atom. The molecule has 1 heterocycles. The number of hydrogen-bond donors (Lipinski definition) is 2. The Morgan fingerprint density at radius 1 is 1.50 bits per heavy atom. The minimum absolute atomic E-state index is 0.0559. The Morgan fingerprint density at radius 2 is 2.11 bits per heavy atom. The molecule has 3 unspecified atom stereocenters. The predicted molar refractivity (Wildman–Crippen MR) is 75.3 cm³/mol. The zero-order valence-electron chi connectivity index (χ0n) is 12.5. The van der Waals surface area contributed by atoms with E-state index in [0.717, 1.165) is 25.9 Å². The smallest absolute Gasteiger partial charge is 0.237 e. The zero-order valence-corrected chi connectivity index (χ0v) is 12.5. The van der Waals surface area contributed by atoms with Gasteiger partial charge >= 0.3 is 0 Å². The van der Waals surface area contributed by atoms with E-state index in [1.165, 1.54) is 0 Å². The molecule has 1 rings (SSSR count). The third-order valence-electron chi connectivity index (χ3n) is 4.27. The Labute approximate surface area is 111 Å². The molecule has 4 nitrogen and oxygen atoms in total. The molecular formula is C14H29N3O. The lowest BCUT2D eigenvalue weighted by atomic mass is 10.0. The number of carbonyl (C=O) groups is 1. The molecule has 4 heteroatoms. The summed E-state index contributed by atoms with van der Waals surface area (Å²) in [5.74, 6) is 0.659. The van der Waals surface area contributed by atoms with Crippen molar-refractivity contribution in [2.24, 2.45) is 11.7 Å². The second kappa shape index (κ2) is 6.02. The van der Waals surface area contributed by atoms with Crippen LogP contribution in [0.15, 0.2) is 0 Å². The van der Waals surface area contributed by atoms with E-state index in [0.29, 0.717) is 5.92 Å². The van der Waals surface area contributed by atoms with Gasteiger partial charge < -0.3 is 11.1 Å². The maximum Gasteiger partial charge on any atom is 0.237 e. The number of nitrogens with zero attached hydrogens (tertiary/aromatic N) is 1. The van der Waals surface area contributed by atoms with Gasteiger partial charge in [0.15, 0.2) is 0 Å². The Kier molecular flexibility index (Phi) is 5.17. The second-order valence-corrected chi connectivity index (χ2v) is 6.31. The predicted octanol–water partition coefficient (Wildman–Crippen LogP) is 1.35. The highest BCUT2D eigenvalue weighted by atomic mass is 16.2. The van der Waals surface area contributed by atoms with Gasteiger partial charge in [-0.05, 0) is 53.0 Å². The summed E-state index contributed by atoms with van der Waals surface area (Å²) in [7, 11) is 0. The van der Waals surface area contributed by atoms with Crippen LogP contribution in [0.3, 0.4) is 0 Å². The van der Waals surface area contributed by atoms with Crippen molar-refractivity contribution >= 4 is 5.91 Å². The summed E-state index contributed by atoms with van der Waals surface area (Å²) < 4.78 is 0. The van der Waals surface area contributed by atoms with Crippen LogP contribution in [0.4, 0.5) is 0 Å². The summed E-state index contributed by atoms with van der Waals surface area (Å²) in [4.78, 5) is 14.4. The summed E-state index contributed by atoms with van der Waals surface area (Å²) in [6, 6.07) is 0.164. The first-order valence-corrected chi connectivity index (χ1v) is 7.08. The summed E-state index contributed by atoms with van der Waals surface area (Å²) >= 11 is 0. The number of hydrogen-bond acceptors (Lipinski definition) is 3. The van der Waals surface area contributed by atoms with Gasteiger partial charge in [0.05, 0.1) is 6.04 Å². The molecule has 0 aromatic rings. The van der Waals surface area contributed by atoms with E-state index in [-0.39, 0.29) is 23.5 Å². The van der Waals surface area contributed by atoms with E-state index in [2.05, 4.69) is 37.9 Å². The van der Waals surface area contributed by atoms with Gasteiger partial charge in [0.2, 0.25) is 5.91 Å². The van der Waals surface area contributed by atoms with E-state index in [1.807, 2.05) is 6.92 Å². The first-order valence-electron chi connectivity index (χ1n) is 7.08. The van der Waals surface area contributed by atoms with Crippen LogP contribution in [0.25, 0.3) is 0 Å². The molecule has 0 aromatic heterocycles. The van der Waals surface area contributed by atoms with Crippen LogP contribution < -0.4 is 11.1 Å². The standard InChI is InChI=1S/C14H29N3O/c1-6-14(4,5)16-13(18)11(3)17-8-7-12(9-17)10(2)15/h10-12H,6-9,15H2,1-5H3,(H,16,18).